The third-order valence-electron chi connectivity index (χ3n) is 4.96. The van der Waals surface area contributed by atoms with Crippen LogP contribution < -0.4 is 4.90 Å². The molecule has 114 valence electrons. The van der Waals surface area contributed by atoms with Gasteiger partial charge in [-0.25, -0.2) is 0 Å². The van der Waals surface area contributed by atoms with Crippen LogP contribution in [0, 0.1) is 0 Å². The highest BCUT2D eigenvalue weighted by molar-refractivity contribution is 5.50. The minimum Gasteiger partial charge on any atom is -0.504 e. The molecule has 2 aromatic rings. The zero-order chi connectivity index (χ0) is 15.4. The van der Waals surface area contributed by atoms with Gasteiger partial charge in [-0.2, -0.15) is 0 Å². The Morgan fingerprint density at radius 2 is 1.36 bits per heavy atom. The second kappa shape index (κ2) is 4.55. The molecule has 2 aromatic carbocycles. The molecule has 2 unspecified atom stereocenters. The number of benzene rings is 2. The van der Waals surface area contributed by atoms with E-state index in [0.29, 0.717) is 0 Å². The molecule has 2 aliphatic rings. The first-order valence-corrected chi connectivity index (χ1v) is 7.46. The fourth-order valence-corrected chi connectivity index (χ4v) is 3.81. The average molecular weight is 300 g/mol. The summed E-state index contributed by atoms with van der Waals surface area (Å²) in [5.74, 6) is -0.316. The molecular formula is C17H18NO4+. The normalized spacial score (nSPS) is 22.5. The predicted octanol–water partition coefficient (Wildman–Crippen LogP) is 0.747. The molecule has 0 bridgehead atoms. The monoisotopic (exact) mass is 300 g/mol. The first-order valence-electron chi connectivity index (χ1n) is 7.46. The van der Waals surface area contributed by atoms with Gasteiger partial charge >= 0.3 is 0 Å². The zero-order valence-electron chi connectivity index (χ0n) is 12.0. The molecule has 0 fully saturated rings. The highest BCUT2D eigenvalue weighted by atomic mass is 16.3. The second-order valence-electron chi connectivity index (χ2n) is 6.24. The van der Waals surface area contributed by atoms with Crippen molar-refractivity contribution in [2.45, 2.75) is 25.4 Å². The van der Waals surface area contributed by atoms with E-state index in [-0.39, 0.29) is 29.0 Å². The zero-order valence-corrected chi connectivity index (χ0v) is 12.0. The first-order chi connectivity index (χ1) is 10.5. The van der Waals surface area contributed by atoms with Crippen LogP contribution in [0.1, 0.15) is 28.3 Å². The highest BCUT2D eigenvalue weighted by Crippen LogP contribution is 2.37. The molecule has 0 radical (unpaired) electrons. The lowest BCUT2D eigenvalue weighted by atomic mass is 9.83. The van der Waals surface area contributed by atoms with E-state index in [1.54, 1.807) is 24.3 Å². The Balaban J connectivity index is 1.79. The Bertz CT molecular complexity index is 772. The topological polar surface area (TPSA) is 85.4 Å². The van der Waals surface area contributed by atoms with Crippen LogP contribution in [-0.4, -0.2) is 27.0 Å². The standard InChI is InChI=1S/C17H17NO4/c19-14-4-9-1-2-18-8-11-6-16(21)15(20)5-10(11)3-13(18)12(9)7-17(14)22/h4-7,13,19-22H,1-3,8H2/p+1. The maximum absolute atomic E-state index is 9.81. The van der Waals surface area contributed by atoms with Gasteiger partial charge in [-0.1, -0.05) is 0 Å². The van der Waals surface area contributed by atoms with E-state index in [1.165, 1.54) is 4.90 Å². The van der Waals surface area contributed by atoms with E-state index in [2.05, 4.69) is 0 Å². The Morgan fingerprint density at radius 1 is 0.773 bits per heavy atom. The summed E-state index contributed by atoms with van der Waals surface area (Å²) in [7, 11) is 0. The Morgan fingerprint density at radius 3 is 2.09 bits per heavy atom. The summed E-state index contributed by atoms with van der Waals surface area (Å²) in [6, 6.07) is 6.81. The van der Waals surface area contributed by atoms with E-state index >= 15 is 0 Å². The molecule has 4 rings (SSSR count). The van der Waals surface area contributed by atoms with Crippen molar-refractivity contribution >= 4 is 0 Å². The van der Waals surface area contributed by atoms with E-state index in [9.17, 15) is 20.4 Å². The van der Waals surface area contributed by atoms with Crippen LogP contribution in [0.3, 0.4) is 0 Å². The molecule has 5 nitrogen and oxygen atoms in total. The number of nitrogens with one attached hydrogen (secondary N) is 1. The van der Waals surface area contributed by atoms with Crippen molar-refractivity contribution in [1.82, 2.24) is 0 Å². The molecule has 2 heterocycles. The van der Waals surface area contributed by atoms with Gasteiger partial charge in [0.2, 0.25) is 0 Å². The number of fused-ring (bicyclic) bond motifs is 4. The second-order valence-corrected chi connectivity index (χ2v) is 6.24. The molecule has 22 heavy (non-hydrogen) atoms. The number of rotatable bonds is 0. The summed E-state index contributed by atoms with van der Waals surface area (Å²) in [4.78, 5) is 1.38. The number of phenolic OH excluding ortho intramolecular Hbond substituents is 4. The lowest BCUT2D eigenvalue weighted by Gasteiger charge is -2.38. The van der Waals surface area contributed by atoms with Gasteiger partial charge in [0, 0.05) is 24.0 Å². The largest absolute Gasteiger partial charge is 0.504 e. The van der Waals surface area contributed by atoms with Crippen LogP contribution >= 0.6 is 0 Å². The van der Waals surface area contributed by atoms with Crippen LogP contribution in [0.4, 0.5) is 0 Å². The number of hydrogen-bond acceptors (Lipinski definition) is 4. The summed E-state index contributed by atoms with van der Waals surface area (Å²) in [5, 5.41) is 38.9. The molecule has 0 saturated heterocycles. The van der Waals surface area contributed by atoms with Crippen LogP contribution in [0.2, 0.25) is 0 Å². The number of aromatic hydroxyl groups is 4. The SMILES string of the molecule is Oc1cc2c(cc1O)C[NH+]1CCc3cc(O)c(O)cc3C1C2. The number of hydrogen-bond donors (Lipinski definition) is 5. The smallest absolute Gasteiger partial charge is 0.157 e. The summed E-state index contributed by atoms with van der Waals surface area (Å²) in [5.41, 5.74) is 4.24. The van der Waals surface area contributed by atoms with Crippen molar-refractivity contribution in [3.05, 3.63) is 46.5 Å². The molecule has 0 amide bonds. The third kappa shape index (κ3) is 1.89. The predicted molar refractivity (Wildman–Crippen MR) is 79.2 cm³/mol. The van der Waals surface area contributed by atoms with Gasteiger partial charge in [-0.15, -0.1) is 0 Å². The Kier molecular flexibility index (Phi) is 2.74. The van der Waals surface area contributed by atoms with Crippen LogP contribution in [-0.2, 0) is 19.4 Å². The van der Waals surface area contributed by atoms with Gasteiger partial charge in [0.15, 0.2) is 23.0 Å². The number of quaternary nitrogens is 1. The first kappa shape index (κ1) is 13.3. The Labute approximate surface area is 127 Å². The van der Waals surface area contributed by atoms with E-state index in [0.717, 1.165) is 48.2 Å². The van der Waals surface area contributed by atoms with Gasteiger partial charge in [-0.05, 0) is 35.4 Å². The summed E-state index contributed by atoms with van der Waals surface area (Å²) in [6.07, 6.45) is 1.60. The van der Waals surface area contributed by atoms with Crippen molar-refractivity contribution in [2.75, 3.05) is 6.54 Å². The summed E-state index contributed by atoms with van der Waals surface area (Å²) >= 11 is 0. The van der Waals surface area contributed by atoms with Gasteiger partial charge in [-0.3, -0.25) is 0 Å². The summed E-state index contributed by atoms with van der Waals surface area (Å²) in [6.45, 7) is 1.73. The molecule has 0 aliphatic carbocycles. The van der Waals surface area contributed by atoms with E-state index in [4.69, 9.17) is 0 Å². The molecule has 5 N–H and O–H groups in total. The fourth-order valence-electron chi connectivity index (χ4n) is 3.81. The molecular weight excluding hydrogens is 282 g/mol. The maximum atomic E-state index is 9.81. The molecule has 2 atom stereocenters. The molecule has 0 aromatic heterocycles. The van der Waals surface area contributed by atoms with Crippen molar-refractivity contribution in [2.24, 2.45) is 0 Å². The van der Waals surface area contributed by atoms with Gasteiger partial charge in [0.05, 0.1) is 6.54 Å². The molecule has 0 saturated carbocycles. The van der Waals surface area contributed by atoms with E-state index in [1.807, 2.05) is 0 Å². The van der Waals surface area contributed by atoms with Gasteiger partial charge in [0.25, 0.3) is 0 Å². The quantitative estimate of drug-likeness (QED) is 0.465. The van der Waals surface area contributed by atoms with Crippen molar-refractivity contribution in [3.63, 3.8) is 0 Å². The highest BCUT2D eigenvalue weighted by Gasteiger charge is 2.36. The fraction of sp³-hybridized carbons (Fsp3) is 0.294. The lowest BCUT2D eigenvalue weighted by Crippen LogP contribution is -3.13. The Hall–Kier alpha value is -2.40. The molecule has 2 aliphatic heterocycles. The van der Waals surface area contributed by atoms with Crippen LogP contribution in [0.5, 0.6) is 23.0 Å². The minimum atomic E-state index is -0.0909. The lowest BCUT2D eigenvalue weighted by molar-refractivity contribution is -0.949. The maximum Gasteiger partial charge on any atom is 0.157 e. The van der Waals surface area contributed by atoms with Crippen LogP contribution in [0.15, 0.2) is 24.3 Å². The van der Waals surface area contributed by atoms with Crippen molar-refractivity contribution < 1.29 is 25.3 Å². The van der Waals surface area contributed by atoms with E-state index < -0.39 is 0 Å². The van der Waals surface area contributed by atoms with Gasteiger partial charge in [0.1, 0.15) is 12.6 Å². The minimum absolute atomic E-state index is 0.0685. The molecule has 0 spiro atoms. The third-order valence-corrected chi connectivity index (χ3v) is 4.96. The van der Waals surface area contributed by atoms with Gasteiger partial charge < -0.3 is 25.3 Å². The summed E-state index contributed by atoms with van der Waals surface area (Å²) < 4.78 is 0. The molecule has 5 heteroatoms. The number of phenols is 4. The van der Waals surface area contributed by atoms with Crippen molar-refractivity contribution in [3.8, 4) is 23.0 Å². The average Bonchev–Trinajstić information content (AvgIpc) is 2.48. The van der Waals surface area contributed by atoms with Crippen LogP contribution in [0.25, 0.3) is 0 Å². The van der Waals surface area contributed by atoms with Crippen molar-refractivity contribution in [1.29, 1.82) is 0 Å².